The normalized spacial score (nSPS) is 10.5. The van der Waals surface area contributed by atoms with Gasteiger partial charge in [-0.3, -0.25) is 0 Å². The van der Waals surface area contributed by atoms with Crippen LogP contribution in [0.15, 0.2) is 18.3 Å². The molecule has 1 heterocycles. The molecule has 15 heavy (non-hydrogen) atoms. The van der Waals surface area contributed by atoms with Gasteiger partial charge in [0.1, 0.15) is 5.82 Å². The Kier molecular flexibility index (Phi) is 3.68. The summed E-state index contributed by atoms with van der Waals surface area (Å²) in [5.74, 6) is -0.0606. The molecule has 0 aliphatic heterocycles. The minimum atomic E-state index is -0.409. The van der Waals surface area contributed by atoms with Crippen LogP contribution in [0.25, 0.3) is 6.08 Å². The van der Waals surface area contributed by atoms with Gasteiger partial charge in [-0.2, -0.15) is 0 Å². The number of nitrogens with two attached hydrogens (primary N) is 2. The van der Waals surface area contributed by atoms with Crippen LogP contribution in [-0.4, -0.2) is 17.6 Å². The van der Waals surface area contributed by atoms with Gasteiger partial charge in [0, 0.05) is 29.6 Å². The number of pyridine rings is 1. The summed E-state index contributed by atoms with van der Waals surface area (Å²) in [4.78, 5) is 14.9. The Bertz CT molecular complexity index is 388. The average Bonchev–Trinajstić information content (AvgIpc) is 2.17. The Balaban J connectivity index is 2.76. The van der Waals surface area contributed by atoms with Crippen LogP contribution >= 0.6 is 0 Å². The monoisotopic (exact) mass is 207 g/mol. The highest BCUT2D eigenvalue weighted by Crippen LogP contribution is 2.14. The number of nitrogen functional groups attached to an aromatic ring is 2. The fraction of sp³-hybridized carbons (Fsp3) is 0.200. The summed E-state index contributed by atoms with van der Waals surface area (Å²) < 4.78 is 4.72. The number of ether oxygens (including phenoxy) is 1. The molecule has 4 N–H and O–H groups in total. The predicted molar refractivity (Wildman–Crippen MR) is 58.7 cm³/mol. The van der Waals surface area contributed by atoms with Crippen LogP contribution in [0.3, 0.4) is 0 Å². The summed E-state index contributed by atoms with van der Waals surface area (Å²) in [6.07, 6.45) is 4.34. The molecule has 5 heteroatoms. The van der Waals surface area contributed by atoms with Crippen LogP contribution in [0.4, 0.5) is 11.5 Å². The summed E-state index contributed by atoms with van der Waals surface area (Å²) in [5.41, 5.74) is 12.2. The largest absolute Gasteiger partial charge is 0.463 e. The molecule has 0 bridgehead atoms. The van der Waals surface area contributed by atoms with E-state index in [4.69, 9.17) is 16.2 Å². The molecule has 0 amide bonds. The van der Waals surface area contributed by atoms with Crippen molar-refractivity contribution in [2.45, 2.75) is 6.92 Å². The van der Waals surface area contributed by atoms with Crippen molar-refractivity contribution >= 4 is 23.6 Å². The fourth-order valence-corrected chi connectivity index (χ4v) is 0.986. The third-order valence-corrected chi connectivity index (χ3v) is 1.67. The smallest absolute Gasteiger partial charge is 0.330 e. The van der Waals surface area contributed by atoms with Crippen LogP contribution in [0.2, 0.25) is 0 Å². The Morgan fingerprint density at radius 2 is 2.33 bits per heavy atom. The first kappa shape index (κ1) is 11.0. The van der Waals surface area contributed by atoms with E-state index in [1.807, 2.05) is 0 Å². The van der Waals surface area contributed by atoms with Gasteiger partial charge in [0.25, 0.3) is 0 Å². The molecular formula is C10H13N3O2. The number of carbonyl (C=O) groups is 1. The second kappa shape index (κ2) is 4.99. The Morgan fingerprint density at radius 1 is 1.60 bits per heavy atom. The van der Waals surface area contributed by atoms with E-state index in [9.17, 15) is 4.79 Å². The maximum atomic E-state index is 11.0. The average molecular weight is 207 g/mol. The zero-order chi connectivity index (χ0) is 11.3. The third-order valence-electron chi connectivity index (χ3n) is 1.67. The first-order valence-electron chi connectivity index (χ1n) is 4.49. The number of aromatic nitrogens is 1. The molecule has 1 rings (SSSR count). The molecule has 0 atom stereocenters. The van der Waals surface area contributed by atoms with Crippen molar-refractivity contribution in [2.75, 3.05) is 18.1 Å². The van der Waals surface area contributed by atoms with Crippen molar-refractivity contribution in [3.8, 4) is 0 Å². The van der Waals surface area contributed by atoms with E-state index in [-0.39, 0.29) is 0 Å². The third kappa shape index (κ3) is 3.30. The van der Waals surface area contributed by atoms with E-state index in [1.165, 1.54) is 18.3 Å². The lowest BCUT2D eigenvalue weighted by Crippen LogP contribution is -1.99. The van der Waals surface area contributed by atoms with Gasteiger partial charge in [-0.1, -0.05) is 0 Å². The Morgan fingerprint density at radius 3 is 2.93 bits per heavy atom. The molecule has 0 aliphatic carbocycles. The zero-order valence-electron chi connectivity index (χ0n) is 8.43. The lowest BCUT2D eigenvalue weighted by Gasteiger charge is -2.00. The number of hydrogen-bond acceptors (Lipinski definition) is 5. The fourth-order valence-electron chi connectivity index (χ4n) is 0.986. The molecule has 5 nitrogen and oxygen atoms in total. The first-order chi connectivity index (χ1) is 7.13. The molecule has 1 aromatic rings. The van der Waals surface area contributed by atoms with Gasteiger partial charge in [-0.25, -0.2) is 9.78 Å². The van der Waals surface area contributed by atoms with Crippen LogP contribution in [0.1, 0.15) is 12.5 Å². The van der Waals surface area contributed by atoms with E-state index in [0.717, 1.165) is 0 Å². The highest BCUT2D eigenvalue weighted by molar-refractivity contribution is 5.88. The van der Waals surface area contributed by atoms with Gasteiger partial charge in [-0.15, -0.1) is 0 Å². The summed E-state index contributed by atoms with van der Waals surface area (Å²) in [6.45, 7) is 2.09. The number of rotatable bonds is 3. The van der Waals surface area contributed by atoms with Gasteiger partial charge in [-0.05, 0) is 13.0 Å². The van der Waals surface area contributed by atoms with Crippen LogP contribution in [0, 0.1) is 0 Å². The quantitative estimate of drug-likeness (QED) is 0.565. The standard InChI is InChI=1S/C10H13N3O2/c1-2-15-10(14)4-3-7-6-13-9(12)5-8(7)11/h3-6H,2H2,1H3,(H4,11,12,13). The van der Waals surface area contributed by atoms with Gasteiger partial charge in [0.15, 0.2) is 0 Å². The number of nitrogens with zero attached hydrogens (tertiary/aromatic N) is 1. The summed E-state index contributed by atoms with van der Waals surface area (Å²) in [6, 6.07) is 1.53. The van der Waals surface area contributed by atoms with Crippen molar-refractivity contribution in [3.63, 3.8) is 0 Å². The SMILES string of the molecule is CCOC(=O)C=Cc1cnc(N)cc1N. The molecule has 80 valence electrons. The topological polar surface area (TPSA) is 91.2 Å². The molecule has 1 aromatic heterocycles. The molecule has 0 fully saturated rings. The van der Waals surface area contributed by atoms with E-state index in [0.29, 0.717) is 23.7 Å². The molecule has 0 unspecified atom stereocenters. The predicted octanol–water partition coefficient (Wildman–Crippen LogP) is 0.822. The minimum absolute atomic E-state index is 0.346. The molecule has 0 spiro atoms. The molecule has 0 radical (unpaired) electrons. The number of carbonyl (C=O) groups excluding carboxylic acids is 1. The summed E-state index contributed by atoms with van der Waals surface area (Å²) in [5, 5.41) is 0. The van der Waals surface area contributed by atoms with Crippen molar-refractivity contribution < 1.29 is 9.53 Å². The minimum Gasteiger partial charge on any atom is -0.463 e. The second-order valence-electron chi connectivity index (χ2n) is 2.82. The molecule has 0 saturated heterocycles. The molecular weight excluding hydrogens is 194 g/mol. The van der Waals surface area contributed by atoms with Crippen molar-refractivity contribution in [1.29, 1.82) is 0 Å². The van der Waals surface area contributed by atoms with E-state index in [1.54, 1.807) is 13.0 Å². The number of esters is 1. The lowest BCUT2D eigenvalue weighted by atomic mass is 10.2. The van der Waals surface area contributed by atoms with Crippen molar-refractivity contribution in [1.82, 2.24) is 4.98 Å². The number of hydrogen-bond donors (Lipinski definition) is 2. The Hall–Kier alpha value is -2.04. The molecule has 0 aliphatic rings. The lowest BCUT2D eigenvalue weighted by molar-refractivity contribution is -0.137. The van der Waals surface area contributed by atoms with E-state index >= 15 is 0 Å². The second-order valence-corrected chi connectivity index (χ2v) is 2.82. The van der Waals surface area contributed by atoms with Gasteiger partial charge in [0.05, 0.1) is 6.61 Å². The Labute approximate surface area is 87.7 Å². The van der Waals surface area contributed by atoms with Crippen LogP contribution < -0.4 is 11.5 Å². The first-order valence-corrected chi connectivity index (χ1v) is 4.49. The molecule has 0 saturated carbocycles. The van der Waals surface area contributed by atoms with E-state index < -0.39 is 5.97 Å². The summed E-state index contributed by atoms with van der Waals surface area (Å²) >= 11 is 0. The summed E-state index contributed by atoms with van der Waals surface area (Å²) in [7, 11) is 0. The van der Waals surface area contributed by atoms with E-state index in [2.05, 4.69) is 4.98 Å². The maximum Gasteiger partial charge on any atom is 0.330 e. The van der Waals surface area contributed by atoms with Crippen molar-refractivity contribution in [3.05, 3.63) is 23.9 Å². The number of anilines is 2. The van der Waals surface area contributed by atoms with Gasteiger partial charge < -0.3 is 16.2 Å². The van der Waals surface area contributed by atoms with Gasteiger partial charge in [0.2, 0.25) is 0 Å². The highest BCUT2D eigenvalue weighted by Gasteiger charge is 1.98. The van der Waals surface area contributed by atoms with Crippen LogP contribution in [-0.2, 0) is 9.53 Å². The van der Waals surface area contributed by atoms with Gasteiger partial charge >= 0.3 is 5.97 Å². The molecule has 0 aromatic carbocycles. The van der Waals surface area contributed by atoms with Crippen LogP contribution in [0.5, 0.6) is 0 Å². The zero-order valence-corrected chi connectivity index (χ0v) is 8.43. The highest BCUT2D eigenvalue weighted by atomic mass is 16.5. The van der Waals surface area contributed by atoms with Crippen molar-refractivity contribution in [2.24, 2.45) is 0 Å². The maximum absolute atomic E-state index is 11.0.